The van der Waals surface area contributed by atoms with Crippen molar-refractivity contribution < 1.29 is 4.42 Å². The minimum atomic E-state index is -0.614. The van der Waals surface area contributed by atoms with Gasteiger partial charge in [-0.3, -0.25) is 4.79 Å². The average Bonchev–Trinajstić information content (AvgIpc) is 2.53. The maximum Gasteiger partial charge on any atom is 0.203 e. The second-order valence-electron chi connectivity index (χ2n) is 4.35. The van der Waals surface area contributed by atoms with E-state index in [9.17, 15) is 4.79 Å². The van der Waals surface area contributed by atoms with Crippen LogP contribution < -0.4 is 5.43 Å². The highest BCUT2D eigenvalue weighted by Gasteiger charge is 2.25. The topological polar surface area (TPSA) is 30.2 Å². The van der Waals surface area contributed by atoms with E-state index >= 15 is 0 Å². The molecule has 2 aromatic carbocycles. The third-order valence-electron chi connectivity index (χ3n) is 3.11. The molecule has 0 fully saturated rings. The Balaban J connectivity index is 2.77. The maximum atomic E-state index is 12.8. The molecule has 23 heavy (non-hydrogen) atoms. The third-order valence-corrected chi connectivity index (χ3v) is 6.68. The first-order valence-corrected chi connectivity index (χ1v) is 8.65. The number of halogens is 8. The molecule has 1 heterocycles. The van der Waals surface area contributed by atoms with Gasteiger partial charge in [-0.25, -0.2) is 0 Å². The minimum absolute atomic E-state index is 0.0596. The van der Waals surface area contributed by atoms with Crippen LogP contribution >= 0.6 is 92.8 Å². The molecule has 3 rings (SSSR count). The van der Waals surface area contributed by atoms with E-state index in [2.05, 4.69) is 0 Å². The number of rotatable bonds is 0. The third kappa shape index (κ3) is 2.51. The van der Waals surface area contributed by atoms with Gasteiger partial charge in [0.15, 0.2) is 11.2 Å². The number of fused-ring (bicyclic) bond motifs is 2. The molecule has 2 nitrogen and oxygen atoms in total. The highest BCUT2D eigenvalue weighted by molar-refractivity contribution is 6.57. The van der Waals surface area contributed by atoms with Crippen molar-refractivity contribution in [3.8, 4) is 0 Å². The molecule has 0 spiro atoms. The molecule has 120 valence electrons. The van der Waals surface area contributed by atoms with E-state index in [0.29, 0.717) is 0 Å². The van der Waals surface area contributed by atoms with Gasteiger partial charge in [0.05, 0.1) is 40.9 Å². The molecule has 0 bridgehead atoms. The molecule has 0 aliphatic rings. The minimum Gasteiger partial charge on any atom is -0.452 e. The van der Waals surface area contributed by atoms with Crippen LogP contribution in [0.2, 0.25) is 40.2 Å². The predicted octanol–water partition coefficient (Wildman–Crippen LogP) is 8.17. The standard InChI is InChI=1S/C13Cl8O2/c14-3-1-11(22)2-4(15)6(17)8(19)10(21)13(2)23-12(1)9(20)7(18)5(3)16. The van der Waals surface area contributed by atoms with Crippen molar-refractivity contribution in [1.82, 2.24) is 0 Å². The number of hydrogen-bond donors (Lipinski definition) is 0. The molecule has 3 aromatic rings. The van der Waals surface area contributed by atoms with Gasteiger partial charge in [-0.15, -0.1) is 0 Å². The Bertz CT molecular complexity index is 989. The van der Waals surface area contributed by atoms with Gasteiger partial charge in [0.25, 0.3) is 0 Å². The second kappa shape index (κ2) is 6.19. The lowest BCUT2D eigenvalue weighted by Crippen LogP contribution is -2.05. The van der Waals surface area contributed by atoms with Crippen molar-refractivity contribution >= 4 is 115 Å². The van der Waals surface area contributed by atoms with Crippen molar-refractivity contribution in [2.45, 2.75) is 0 Å². The fraction of sp³-hybridized carbons (Fsp3) is 0. The van der Waals surface area contributed by atoms with Gasteiger partial charge in [0.1, 0.15) is 10.0 Å². The first-order valence-electron chi connectivity index (χ1n) is 5.62. The van der Waals surface area contributed by atoms with E-state index in [1.54, 1.807) is 0 Å². The Labute approximate surface area is 168 Å². The Hall–Kier alpha value is 0.230. The van der Waals surface area contributed by atoms with Crippen LogP contribution in [0.15, 0.2) is 9.21 Å². The van der Waals surface area contributed by atoms with Crippen LogP contribution in [0.1, 0.15) is 0 Å². The van der Waals surface area contributed by atoms with Gasteiger partial charge in [-0.05, 0) is 0 Å². The Morgan fingerprint density at radius 1 is 0.478 bits per heavy atom. The van der Waals surface area contributed by atoms with Gasteiger partial charge in [-0.1, -0.05) is 92.8 Å². The van der Waals surface area contributed by atoms with Crippen molar-refractivity contribution in [2.24, 2.45) is 0 Å². The average molecular weight is 472 g/mol. The van der Waals surface area contributed by atoms with Crippen molar-refractivity contribution in [2.75, 3.05) is 0 Å². The zero-order chi connectivity index (χ0) is 17.2. The van der Waals surface area contributed by atoms with Crippen LogP contribution in [-0.2, 0) is 0 Å². The fourth-order valence-electron chi connectivity index (χ4n) is 2.05. The summed E-state index contributed by atoms with van der Waals surface area (Å²) in [4.78, 5) is 12.8. The molecule has 0 saturated carbocycles. The first kappa shape index (κ1) is 18.0. The van der Waals surface area contributed by atoms with Gasteiger partial charge in [-0.2, -0.15) is 0 Å². The monoisotopic (exact) mass is 468 g/mol. The summed E-state index contributed by atoms with van der Waals surface area (Å²) in [7, 11) is 0. The summed E-state index contributed by atoms with van der Waals surface area (Å²) in [6.07, 6.45) is 0. The van der Waals surface area contributed by atoms with Crippen LogP contribution in [0.25, 0.3) is 21.9 Å². The Morgan fingerprint density at radius 2 is 0.783 bits per heavy atom. The molecular formula is C13Cl8O2. The van der Waals surface area contributed by atoms with E-state index in [4.69, 9.17) is 97.2 Å². The lowest BCUT2D eigenvalue weighted by atomic mass is 10.1. The van der Waals surface area contributed by atoms with Gasteiger partial charge < -0.3 is 4.42 Å². The SMILES string of the molecule is O=c1c2c(Cl)c(Cl)c(Cl)c(Cl)c2oc2c(Cl)c(Cl)c(Cl)c(Cl)c12. The summed E-state index contributed by atoms with van der Waals surface area (Å²) in [6, 6.07) is 0. The zero-order valence-corrected chi connectivity index (χ0v) is 16.4. The highest BCUT2D eigenvalue weighted by atomic mass is 35.5. The zero-order valence-electron chi connectivity index (χ0n) is 10.3. The summed E-state index contributed by atoms with van der Waals surface area (Å²) in [5.74, 6) is 0. The van der Waals surface area contributed by atoms with Crippen molar-refractivity contribution in [3.05, 3.63) is 50.4 Å². The summed E-state index contributed by atoms with van der Waals surface area (Å²) in [6.45, 7) is 0. The highest BCUT2D eigenvalue weighted by Crippen LogP contribution is 2.46. The fourth-order valence-corrected chi connectivity index (χ4v) is 3.97. The molecule has 0 saturated heterocycles. The van der Waals surface area contributed by atoms with Gasteiger partial charge in [0.2, 0.25) is 5.43 Å². The van der Waals surface area contributed by atoms with Crippen LogP contribution in [0.4, 0.5) is 0 Å². The van der Waals surface area contributed by atoms with E-state index in [1.807, 2.05) is 0 Å². The molecule has 0 atom stereocenters. The van der Waals surface area contributed by atoms with Crippen LogP contribution in [0.5, 0.6) is 0 Å². The summed E-state index contributed by atoms with van der Waals surface area (Å²) < 4.78 is 5.60. The molecular weight excluding hydrogens is 472 g/mol. The van der Waals surface area contributed by atoms with E-state index in [0.717, 1.165) is 0 Å². The molecule has 0 N–H and O–H groups in total. The number of hydrogen-bond acceptors (Lipinski definition) is 2. The quantitative estimate of drug-likeness (QED) is 0.188. The molecule has 1 aromatic heterocycles. The Kier molecular flexibility index (Phi) is 4.85. The molecule has 0 aliphatic carbocycles. The molecule has 0 unspecified atom stereocenters. The normalized spacial score (nSPS) is 11.7. The maximum absolute atomic E-state index is 12.8. The Morgan fingerprint density at radius 3 is 1.13 bits per heavy atom. The van der Waals surface area contributed by atoms with E-state index in [-0.39, 0.29) is 62.1 Å². The summed E-state index contributed by atoms with van der Waals surface area (Å²) >= 11 is 48.3. The molecule has 0 radical (unpaired) electrons. The van der Waals surface area contributed by atoms with Crippen LogP contribution in [-0.4, -0.2) is 0 Å². The molecule has 0 amide bonds. The van der Waals surface area contributed by atoms with Gasteiger partial charge in [0, 0.05) is 0 Å². The second-order valence-corrected chi connectivity index (χ2v) is 7.38. The predicted molar refractivity (Wildman–Crippen MR) is 100 cm³/mol. The van der Waals surface area contributed by atoms with Crippen LogP contribution in [0.3, 0.4) is 0 Å². The van der Waals surface area contributed by atoms with Crippen LogP contribution in [0, 0.1) is 0 Å². The lowest BCUT2D eigenvalue weighted by Gasteiger charge is -2.11. The molecule has 0 aliphatic heterocycles. The summed E-state index contributed by atoms with van der Waals surface area (Å²) in [5.41, 5.74) is -0.781. The summed E-state index contributed by atoms with van der Waals surface area (Å²) in [5, 5.41) is -0.882. The lowest BCUT2D eigenvalue weighted by molar-refractivity contribution is 0.660. The largest absolute Gasteiger partial charge is 0.452 e. The van der Waals surface area contributed by atoms with Gasteiger partial charge >= 0.3 is 0 Å². The van der Waals surface area contributed by atoms with E-state index in [1.165, 1.54) is 0 Å². The number of benzene rings is 2. The first-order chi connectivity index (χ1) is 10.7. The smallest absolute Gasteiger partial charge is 0.203 e. The van der Waals surface area contributed by atoms with E-state index < -0.39 is 5.43 Å². The van der Waals surface area contributed by atoms with Crippen molar-refractivity contribution in [3.63, 3.8) is 0 Å². The molecule has 10 heteroatoms. The van der Waals surface area contributed by atoms with Crippen molar-refractivity contribution in [1.29, 1.82) is 0 Å².